The van der Waals surface area contributed by atoms with Crippen LogP contribution < -0.4 is 0 Å². The summed E-state index contributed by atoms with van der Waals surface area (Å²) in [6, 6.07) is 0. The number of amides is 1. The molecule has 0 aromatic carbocycles. The first kappa shape index (κ1) is 14.9. The van der Waals surface area contributed by atoms with E-state index in [1.807, 2.05) is 4.90 Å². The first-order valence-electron chi connectivity index (χ1n) is 8.35. The highest BCUT2D eigenvalue weighted by molar-refractivity contribution is 5.79. The van der Waals surface area contributed by atoms with Crippen molar-refractivity contribution < 1.29 is 14.7 Å². The monoisotopic (exact) mass is 293 g/mol. The number of carbonyl (C=O) groups is 2. The minimum Gasteiger partial charge on any atom is -0.481 e. The Morgan fingerprint density at radius 3 is 2.29 bits per heavy atom. The Balaban J connectivity index is 1.55. The van der Waals surface area contributed by atoms with E-state index in [9.17, 15) is 9.59 Å². The van der Waals surface area contributed by atoms with Crippen LogP contribution in [0.15, 0.2) is 0 Å². The topological polar surface area (TPSA) is 57.6 Å². The number of aliphatic carboxylic acids is 1. The summed E-state index contributed by atoms with van der Waals surface area (Å²) in [5.74, 6) is -0.283. The molecule has 1 amide bonds. The Kier molecular flexibility index (Phi) is 3.53. The molecule has 1 N–H and O–H groups in total. The van der Waals surface area contributed by atoms with Gasteiger partial charge in [0.15, 0.2) is 0 Å². The fraction of sp³-hybridized carbons (Fsp3) is 0.882. The third-order valence-corrected chi connectivity index (χ3v) is 6.11. The molecule has 0 aromatic heterocycles. The number of likely N-dealkylation sites (tertiary alicyclic amines) is 1. The lowest BCUT2D eigenvalue weighted by Gasteiger charge is -2.39. The summed E-state index contributed by atoms with van der Waals surface area (Å²) in [4.78, 5) is 25.8. The first-order chi connectivity index (χ1) is 9.83. The molecule has 1 heterocycles. The number of carbonyl (C=O) groups excluding carboxylic acids is 1. The highest BCUT2D eigenvalue weighted by atomic mass is 16.4. The lowest BCUT2D eigenvalue weighted by Crippen LogP contribution is -2.44. The molecule has 118 valence electrons. The SMILES string of the molecule is CC1(C)CCCC(C(=O)N2CCC3(CC2)CC3C(=O)O)C1. The van der Waals surface area contributed by atoms with Crippen LogP contribution in [0.3, 0.4) is 0 Å². The van der Waals surface area contributed by atoms with E-state index in [0.717, 1.165) is 51.6 Å². The van der Waals surface area contributed by atoms with E-state index < -0.39 is 5.97 Å². The number of nitrogens with zero attached hydrogens (tertiary/aromatic N) is 1. The first-order valence-corrected chi connectivity index (χ1v) is 8.35. The molecular weight excluding hydrogens is 266 g/mol. The van der Waals surface area contributed by atoms with E-state index in [0.29, 0.717) is 11.3 Å². The van der Waals surface area contributed by atoms with Crippen molar-refractivity contribution in [2.75, 3.05) is 13.1 Å². The molecule has 2 saturated carbocycles. The van der Waals surface area contributed by atoms with Crippen LogP contribution >= 0.6 is 0 Å². The molecule has 1 spiro atoms. The van der Waals surface area contributed by atoms with Crippen LogP contribution in [0, 0.1) is 22.7 Å². The maximum absolute atomic E-state index is 12.7. The molecule has 2 aliphatic carbocycles. The van der Waals surface area contributed by atoms with Crippen LogP contribution in [0.1, 0.15) is 58.8 Å². The van der Waals surface area contributed by atoms with Gasteiger partial charge in [-0.05, 0) is 49.4 Å². The van der Waals surface area contributed by atoms with Gasteiger partial charge in [-0.15, -0.1) is 0 Å². The minimum absolute atomic E-state index is 0.0223. The molecule has 2 atom stereocenters. The molecule has 1 saturated heterocycles. The average molecular weight is 293 g/mol. The standard InChI is InChI=1S/C17H27NO3/c1-16(2)5-3-4-12(10-16)14(19)18-8-6-17(7-9-18)11-13(17)15(20)21/h12-13H,3-11H2,1-2H3,(H,20,21). The molecule has 4 heteroatoms. The van der Waals surface area contributed by atoms with Gasteiger partial charge in [-0.25, -0.2) is 0 Å². The zero-order chi connectivity index (χ0) is 15.3. The molecule has 4 nitrogen and oxygen atoms in total. The minimum atomic E-state index is -0.649. The number of hydrogen-bond donors (Lipinski definition) is 1. The van der Waals surface area contributed by atoms with Crippen molar-refractivity contribution in [3.63, 3.8) is 0 Å². The second kappa shape index (κ2) is 4.99. The van der Waals surface area contributed by atoms with Gasteiger partial charge < -0.3 is 10.0 Å². The van der Waals surface area contributed by atoms with Crippen LogP contribution in [0.25, 0.3) is 0 Å². The summed E-state index contributed by atoms with van der Waals surface area (Å²) in [5, 5.41) is 9.13. The molecule has 1 aliphatic heterocycles. The Labute approximate surface area is 126 Å². The van der Waals surface area contributed by atoms with Crippen molar-refractivity contribution in [1.82, 2.24) is 4.90 Å². The van der Waals surface area contributed by atoms with Crippen molar-refractivity contribution >= 4 is 11.9 Å². The summed E-state index contributed by atoms with van der Waals surface area (Å²) >= 11 is 0. The van der Waals surface area contributed by atoms with Crippen molar-refractivity contribution in [3.8, 4) is 0 Å². The Hall–Kier alpha value is -1.06. The second-order valence-corrected chi connectivity index (χ2v) is 8.24. The van der Waals surface area contributed by atoms with Crippen molar-refractivity contribution in [2.24, 2.45) is 22.7 Å². The molecule has 3 aliphatic rings. The van der Waals surface area contributed by atoms with E-state index >= 15 is 0 Å². The molecule has 2 unspecified atom stereocenters. The maximum atomic E-state index is 12.7. The van der Waals surface area contributed by atoms with Crippen LogP contribution in [0.2, 0.25) is 0 Å². The summed E-state index contributed by atoms with van der Waals surface area (Å²) in [6.45, 7) is 6.05. The number of piperidine rings is 1. The molecule has 3 fully saturated rings. The highest BCUT2D eigenvalue weighted by Crippen LogP contribution is 2.59. The van der Waals surface area contributed by atoms with Gasteiger partial charge in [0.05, 0.1) is 5.92 Å². The normalized spacial score (nSPS) is 33.7. The summed E-state index contributed by atoms with van der Waals surface area (Å²) in [6.07, 6.45) is 6.99. The quantitative estimate of drug-likeness (QED) is 0.851. The van der Waals surface area contributed by atoms with E-state index in [1.54, 1.807) is 0 Å². The van der Waals surface area contributed by atoms with Gasteiger partial charge in [-0.1, -0.05) is 20.3 Å². The van der Waals surface area contributed by atoms with Crippen LogP contribution in [0.4, 0.5) is 0 Å². The predicted octanol–water partition coefficient (Wildman–Crippen LogP) is 2.92. The summed E-state index contributed by atoms with van der Waals surface area (Å²) in [7, 11) is 0. The zero-order valence-electron chi connectivity index (χ0n) is 13.2. The molecule has 0 radical (unpaired) electrons. The third-order valence-electron chi connectivity index (χ3n) is 6.11. The molecule has 0 bridgehead atoms. The lowest BCUT2D eigenvalue weighted by atomic mass is 9.71. The van der Waals surface area contributed by atoms with Gasteiger partial charge in [0.2, 0.25) is 5.91 Å². The summed E-state index contributed by atoms with van der Waals surface area (Å²) < 4.78 is 0. The number of carboxylic acids is 1. The van der Waals surface area contributed by atoms with Crippen LogP contribution in [-0.2, 0) is 9.59 Å². The van der Waals surface area contributed by atoms with Gasteiger partial charge in [0.1, 0.15) is 0 Å². The van der Waals surface area contributed by atoms with Crippen LogP contribution in [-0.4, -0.2) is 35.0 Å². The maximum Gasteiger partial charge on any atom is 0.307 e. The third kappa shape index (κ3) is 2.82. The molecular formula is C17H27NO3. The van der Waals surface area contributed by atoms with E-state index in [4.69, 9.17) is 5.11 Å². The number of rotatable bonds is 2. The molecule has 3 rings (SSSR count). The van der Waals surface area contributed by atoms with Crippen molar-refractivity contribution in [1.29, 1.82) is 0 Å². The Morgan fingerprint density at radius 1 is 1.10 bits per heavy atom. The number of hydrogen-bond acceptors (Lipinski definition) is 2. The Morgan fingerprint density at radius 2 is 1.76 bits per heavy atom. The zero-order valence-corrected chi connectivity index (χ0v) is 13.2. The number of carboxylic acid groups (broad SMARTS) is 1. The van der Waals surface area contributed by atoms with Gasteiger partial charge in [-0.2, -0.15) is 0 Å². The lowest BCUT2D eigenvalue weighted by molar-refractivity contribution is -0.141. The van der Waals surface area contributed by atoms with Crippen molar-refractivity contribution in [2.45, 2.75) is 58.8 Å². The van der Waals surface area contributed by atoms with Gasteiger partial charge >= 0.3 is 5.97 Å². The van der Waals surface area contributed by atoms with E-state index in [1.165, 1.54) is 6.42 Å². The van der Waals surface area contributed by atoms with Gasteiger partial charge in [0, 0.05) is 19.0 Å². The van der Waals surface area contributed by atoms with E-state index in [2.05, 4.69) is 13.8 Å². The smallest absolute Gasteiger partial charge is 0.307 e. The predicted molar refractivity (Wildman–Crippen MR) is 79.7 cm³/mol. The second-order valence-electron chi connectivity index (χ2n) is 8.24. The largest absolute Gasteiger partial charge is 0.481 e. The molecule has 0 aromatic rings. The van der Waals surface area contributed by atoms with Gasteiger partial charge in [0.25, 0.3) is 0 Å². The fourth-order valence-electron chi connectivity index (χ4n) is 4.59. The highest BCUT2D eigenvalue weighted by Gasteiger charge is 2.59. The van der Waals surface area contributed by atoms with Gasteiger partial charge in [-0.3, -0.25) is 9.59 Å². The fourth-order valence-corrected chi connectivity index (χ4v) is 4.59. The molecule has 21 heavy (non-hydrogen) atoms. The Bertz CT molecular complexity index is 449. The summed E-state index contributed by atoms with van der Waals surface area (Å²) in [5.41, 5.74) is 0.314. The van der Waals surface area contributed by atoms with Crippen molar-refractivity contribution in [3.05, 3.63) is 0 Å². The van der Waals surface area contributed by atoms with Crippen LogP contribution in [0.5, 0.6) is 0 Å². The average Bonchev–Trinajstić information content (AvgIpc) is 3.12. The van der Waals surface area contributed by atoms with E-state index in [-0.39, 0.29) is 17.3 Å².